The van der Waals surface area contributed by atoms with E-state index in [9.17, 15) is 4.79 Å². The topological polar surface area (TPSA) is 74.8 Å². The molecule has 1 aromatic carbocycles. The number of hydrogen-bond acceptors (Lipinski definition) is 3. The van der Waals surface area contributed by atoms with Crippen molar-refractivity contribution >= 4 is 36.0 Å². The lowest BCUT2D eigenvalue weighted by molar-refractivity contribution is 0.0529. The minimum Gasteiger partial charge on any atom is -0.444 e. The summed E-state index contributed by atoms with van der Waals surface area (Å²) in [4.78, 5) is 15.7. The number of ether oxygens (including phenoxy) is 1. The van der Waals surface area contributed by atoms with Crippen LogP contribution < -0.4 is 16.0 Å². The Morgan fingerprint density at radius 2 is 1.72 bits per heavy atom. The molecule has 0 saturated carbocycles. The van der Waals surface area contributed by atoms with Crippen LogP contribution in [0.2, 0.25) is 0 Å². The number of nitrogens with zero attached hydrogens (tertiary/aromatic N) is 1. The molecule has 0 bridgehead atoms. The van der Waals surface area contributed by atoms with Gasteiger partial charge in [-0.05, 0) is 32.3 Å². The number of amides is 1. The van der Waals surface area contributed by atoms with Crippen LogP contribution in [0.15, 0.2) is 35.3 Å². The zero-order valence-electron chi connectivity index (χ0n) is 15.8. The van der Waals surface area contributed by atoms with E-state index in [1.165, 1.54) is 5.56 Å². The molecule has 1 rings (SSSR count). The molecular formula is C18H31IN4O2. The zero-order chi connectivity index (χ0) is 18.0. The summed E-state index contributed by atoms with van der Waals surface area (Å²) in [6.45, 7) is 9.49. The maximum absolute atomic E-state index is 11.5. The number of alkyl carbamates (subject to hydrolysis) is 1. The highest BCUT2D eigenvalue weighted by molar-refractivity contribution is 14.0. The predicted molar refractivity (Wildman–Crippen MR) is 114 cm³/mol. The molecule has 0 aliphatic heterocycles. The molecule has 1 unspecified atom stereocenters. The van der Waals surface area contributed by atoms with Gasteiger partial charge in [-0.3, -0.25) is 4.99 Å². The average molecular weight is 462 g/mol. The van der Waals surface area contributed by atoms with E-state index < -0.39 is 11.7 Å². The van der Waals surface area contributed by atoms with E-state index in [2.05, 4.69) is 40.0 Å². The third-order valence-corrected chi connectivity index (χ3v) is 3.25. The Hall–Kier alpha value is -1.51. The van der Waals surface area contributed by atoms with Gasteiger partial charge in [0.25, 0.3) is 0 Å². The van der Waals surface area contributed by atoms with Gasteiger partial charge in [-0.1, -0.05) is 37.3 Å². The molecule has 6 nitrogen and oxygen atoms in total. The standard InChI is InChI=1S/C18H30N4O2.HI/c1-14(15-9-7-6-8-10-15)13-22-16(19-5)20-11-12-21-17(23)24-18(2,3)4;/h6-10,14H,11-13H2,1-5H3,(H,21,23)(H2,19,20,22);1H. The Bertz CT molecular complexity index is 530. The Morgan fingerprint density at radius 1 is 1.12 bits per heavy atom. The van der Waals surface area contributed by atoms with Gasteiger partial charge in [0.2, 0.25) is 0 Å². The van der Waals surface area contributed by atoms with Gasteiger partial charge in [-0.25, -0.2) is 4.79 Å². The molecule has 0 heterocycles. The van der Waals surface area contributed by atoms with Gasteiger partial charge in [0.15, 0.2) is 5.96 Å². The molecule has 1 atom stereocenters. The number of benzene rings is 1. The van der Waals surface area contributed by atoms with E-state index in [4.69, 9.17) is 4.74 Å². The van der Waals surface area contributed by atoms with Crippen molar-refractivity contribution in [2.24, 2.45) is 4.99 Å². The van der Waals surface area contributed by atoms with Crippen LogP contribution in [0.5, 0.6) is 0 Å². The molecule has 0 radical (unpaired) electrons. The summed E-state index contributed by atoms with van der Waals surface area (Å²) >= 11 is 0. The molecule has 142 valence electrons. The van der Waals surface area contributed by atoms with E-state index in [-0.39, 0.29) is 24.0 Å². The maximum Gasteiger partial charge on any atom is 0.407 e. The van der Waals surface area contributed by atoms with Crippen molar-refractivity contribution in [1.82, 2.24) is 16.0 Å². The van der Waals surface area contributed by atoms with Gasteiger partial charge >= 0.3 is 6.09 Å². The van der Waals surface area contributed by atoms with Crippen molar-refractivity contribution in [3.8, 4) is 0 Å². The number of carbonyl (C=O) groups is 1. The van der Waals surface area contributed by atoms with Crippen molar-refractivity contribution < 1.29 is 9.53 Å². The Morgan fingerprint density at radius 3 is 2.28 bits per heavy atom. The SMILES string of the molecule is CN=C(NCCNC(=O)OC(C)(C)C)NCC(C)c1ccccc1.I. The van der Waals surface area contributed by atoms with Crippen LogP contribution in [-0.4, -0.2) is 44.3 Å². The molecule has 7 heteroatoms. The predicted octanol–water partition coefficient (Wildman–Crippen LogP) is 3.10. The van der Waals surface area contributed by atoms with Crippen LogP contribution in [0.4, 0.5) is 4.79 Å². The molecule has 1 amide bonds. The van der Waals surface area contributed by atoms with Crippen LogP contribution in [0.25, 0.3) is 0 Å². The van der Waals surface area contributed by atoms with Crippen LogP contribution in [0, 0.1) is 0 Å². The van der Waals surface area contributed by atoms with E-state index in [1.54, 1.807) is 7.05 Å². The number of hydrogen-bond donors (Lipinski definition) is 3. The molecule has 25 heavy (non-hydrogen) atoms. The van der Waals surface area contributed by atoms with Crippen molar-refractivity contribution in [3.05, 3.63) is 35.9 Å². The minimum absolute atomic E-state index is 0. The first-order chi connectivity index (χ1) is 11.3. The third kappa shape index (κ3) is 10.9. The van der Waals surface area contributed by atoms with E-state index in [1.807, 2.05) is 39.0 Å². The van der Waals surface area contributed by atoms with Gasteiger partial charge in [0, 0.05) is 26.7 Å². The smallest absolute Gasteiger partial charge is 0.407 e. The average Bonchev–Trinajstić information content (AvgIpc) is 2.53. The number of rotatable bonds is 6. The van der Waals surface area contributed by atoms with Crippen LogP contribution >= 0.6 is 24.0 Å². The van der Waals surface area contributed by atoms with Crippen molar-refractivity contribution in [2.75, 3.05) is 26.7 Å². The van der Waals surface area contributed by atoms with Crippen LogP contribution in [0.3, 0.4) is 0 Å². The van der Waals surface area contributed by atoms with E-state index in [0.717, 1.165) is 6.54 Å². The first kappa shape index (κ1) is 23.5. The zero-order valence-corrected chi connectivity index (χ0v) is 18.1. The van der Waals surface area contributed by atoms with Gasteiger partial charge < -0.3 is 20.7 Å². The molecule has 0 saturated heterocycles. The second-order valence-corrected chi connectivity index (χ2v) is 6.62. The van der Waals surface area contributed by atoms with Gasteiger partial charge in [0.05, 0.1) is 0 Å². The molecule has 3 N–H and O–H groups in total. The van der Waals surface area contributed by atoms with Crippen LogP contribution in [0.1, 0.15) is 39.2 Å². The summed E-state index contributed by atoms with van der Waals surface area (Å²) in [5.74, 6) is 1.09. The summed E-state index contributed by atoms with van der Waals surface area (Å²) in [6.07, 6.45) is -0.412. The quantitative estimate of drug-likeness (QED) is 0.263. The van der Waals surface area contributed by atoms with Gasteiger partial charge in [-0.15, -0.1) is 24.0 Å². The second-order valence-electron chi connectivity index (χ2n) is 6.62. The van der Waals surface area contributed by atoms with E-state index in [0.29, 0.717) is 25.0 Å². The van der Waals surface area contributed by atoms with E-state index >= 15 is 0 Å². The fraction of sp³-hybridized carbons (Fsp3) is 0.556. The molecule has 0 aromatic heterocycles. The fourth-order valence-corrected chi connectivity index (χ4v) is 2.03. The molecule has 0 aliphatic carbocycles. The Balaban J connectivity index is 0.00000576. The first-order valence-corrected chi connectivity index (χ1v) is 8.28. The molecule has 1 aromatic rings. The molecule has 0 aliphatic rings. The number of aliphatic imine (C=N–C) groups is 1. The summed E-state index contributed by atoms with van der Waals surface area (Å²) in [5, 5.41) is 9.15. The highest BCUT2D eigenvalue weighted by Gasteiger charge is 2.15. The Kier molecular flexibility index (Phi) is 11.2. The number of guanidine groups is 1. The second kappa shape index (κ2) is 11.9. The summed E-state index contributed by atoms with van der Waals surface area (Å²) in [7, 11) is 1.73. The van der Waals surface area contributed by atoms with Gasteiger partial charge in [-0.2, -0.15) is 0 Å². The van der Waals surface area contributed by atoms with Crippen LogP contribution in [-0.2, 0) is 4.74 Å². The highest BCUT2D eigenvalue weighted by atomic mass is 127. The molecule has 0 fully saturated rings. The lowest BCUT2D eigenvalue weighted by Gasteiger charge is -2.20. The van der Waals surface area contributed by atoms with Gasteiger partial charge in [0.1, 0.15) is 5.60 Å². The maximum atomic E-state index is 11.5. The van der Waals surface area contributed by atoms with Crippen molar-refractivity contribution in [1.29, 1.82) is 0 Å². The third-order valence-electron chi connectivity index (χ3n) is 3.25. The first-order valence-electron chi connectivity index (χ1n) is 8.28. The van der Waals surface area contributed by atoms with Crippen molar-refractivity contribution in [2.45, 2.75) is 39.2 Å². The monoisotopic (exact) mass is 462 g/mol. The summed E-state index contributed by atoms with van der Waals surface area (Å²) < 4.78 is 5.18. The normalized spacial score (nSPS) is 12.6. The molecular weight excluding hydrogens is 431 g/mol. The Labute approximate surface area is 168 Å². The minimum atomic E-state index is -0.483. The highest BCUT2D eigenvalue weighted by Crippen LogP contribution is 2.12. The number of halogens is 1. The lowest BCUT2D eigenvalue weighted by Crippen LogP contribution is -2.43. The lowest BCUT2D eigenvalue weighted by atomic mass is 10.0. The largest absolute Gasteiger partial charge is 0.444 e. The fourth-order valence-electron chi connectivity index (χ4n) is 2.03. The van der Waals surface area contributed by atoms with Crippen molar-refractivity contribution in [3.63, 3.8) is 0 Å². The number of nitrogens with one attached hydrogen (secondary N) is 3. The molecule has 0 spiro atoms. The number of carbonyl (C=O) groups excluding carboxylic acids is 1. The summed E-state index contributed by atoms with van der Waals surface area (Å²) in [5.41, 5.74) is 0.801. The summed E-state index contributed by atoms with van der Waals surface area (Å²) in [6, 6.07) is 10.3.